The number of hydrogen-bond acceptors (Lipinski definition) is 3. The van der Waals surface area contributed by atoms with Crippen molar-refractivity contribution in [3.63, 3.8) is 0 Å². The Hall–Kier alpha value is -1.54. The molecule has 1 amide bonds. The fraction of sp³-hybridized carbons (Fsp3) is 0.273. The van der Waals surface area contributed by atoms with Crippen LogP contribution in [0.5, 0.6) is 0 Å². The molecule has 1 aromatic rings. The zero-order valence-corrected chi connectivity index (χ0v) is 10.4. The van der Waals surface area contributed by atoms with Gasteiger partial charge in [0.25, 0.3) is 0 Å². The van der Waals surface area contributed by atoms with E-state index in [9.17, 15) is 4.79 Å². The van der Waals surface area contributed by atoms with Crippen LogP contribution >= 0.6 is 15.9 Å². The van der Waals surface area contributed by atoms with E-state index in [-0.39, 0.29) is 12.5 Å². The third-order valence-electron chi connectivity index (χ3n) is 2.54. The number of halogens is 1. The van der Waals surface area contributed by atoms with E-state index in [2.05, 4.69) is 15.9 Å². The largest absolute Gasteiger partial charge is 0.364 e. The van der Waals surface area contributed by atoms with Crippen LogP contribution in [0.25, 0.3) is 0 Å². The summed E-state index contributed by atoms with van der Waals surface area (Å²) in [5.74, 6) is -0.0427. The standard InChI is InChI=1S/C11H10BrN3O/c1-14-7-11(16)15(5-4-13)9-3-2-8(12)6-10(9)14/h2-3,6H,5,7H2,1H3. The van der Waals surface area contributed by atoms with Crippen LogP contribution in [0.2, 0.25) is 0 Å². The van der Waals surface area contributed by atoms with Gasteiger partial charge in [-0.05, 0) is 18.2 Å². The molecule has 0 N–H and O–H groups in total. The summed E-state index contributed by atoms with van der Waals surface area (Å²) in [5.41, 5.74) is 1.76. The quantitative estimate of drug-likeness (QED) is 0.736. The zero-order chi connectivity index (χ0) is 11.7. The van der Waals surface area contributed by atoms with Gasteiger partial charge in [0.05, 0.1) is 24.0 Å². The molecule has 82 valence electrons. The summed E-state index contributed by atoms with van der Waals surface area (Å²) < 4.78 is 0.962. The molecule has 0 aliphatic carbocycles. The monoisotopic (exact) mass is 279 g/mol. The van der Waals surface area contributed by atoms with Crippen molar-refractivity contribution in [1.29, 1.82) is 5.26 Å². The van der Waals surface area contributed by atoms with Crippen molar-refractivity contribution in [3.05, 3.63) is 22.7 Å². The molecule has 1 aliphatic heterocycles. The fourth-order valence-electron chi connectivity index (χ4n) is 1.78. The second kappa shape index (κ2) is 4.14. The van der Waals surface area contributed by atoms with Crippen LogP contribution in [0.15, 0.2) is 22.7 Å². The lowest BCUT2D eigenvalue weighted by Crippen LogP contribution is -2.44. The number of nitrogens with zero attached hydrogens (tertiary/aromatic N) is 3. The predicted octanol–water partition coefficient (Wildman–Crippen LogP) is 1.76. The molecule has 1 heterocycles. The highest BCUT2D eigenvalue weighted by molar-refractivity contribution is 9.10. The SMILES string of the molecule is CN1CC(=O)N(CC#N)c2ccc(Br)cc21. The average molecular weight is 280 g/mol. The molecule has 0 bridgehead atoms. The van der Waals surface area contributed by atoms with Gasteiger partial charge in [-0.15, -0.1) is 0 Å². The van der Waals surface area contributed by atoms with Crippen LogP contribution < -0.4 is 9.80 Å². The summed E-state index contributed by atoms with van der Waals surface area (Å²) in [5, 5.41) is 8.72. The number of rotatable bonds is 1. The molecule has 0 atom stereocenters. The van der Waals surface area contributed by atoms with E-state index >= 15 is 0 Å². The summed E-state index contributed by atoms with van der Waals surface area (Å²) in [6.07, 6.45) is 0. The van der Waals surface area contributed by atoms with Crippen molar-refractivity contribution in [2.75, 3.05) is 29.9 Å². The van der Waals surface area contributed by atoms with Gasteiger partial charge in [-0.2, -0.15) is 5.26 Å². The minimum absolute atomic E-state index is 0.0427. The van der Waals surface area contributed by atoms with Gasteiger partial charge in [0.15, 0.2) is 0 Å². The Labute approximate surface area is 102 Å². The Morgan fingerprint density at radius 1 is 1.50 bits per heavy atom. The van der Waals surface area contributed by atoms with Crippen molar-refractivity contribution in [2.45, 2.75) is 0 Å². The first-order valence-electron chi connectivity index (χ1n) is 4.81. The molecule has 0 saturated carbocycles. The van der Waals surface area contributed by atoms with Gasteiger partial charge in [0.1, 0.15) is 6.54 Å². The van der Waals surface area contributed by atoms with Gasteiger partial charge >= 0.3 is 0 Å². The number of fused-ring (bicyclic) bond motifs is 1. The van der Waals surface area contributed by atoms with E-state index in [4.69, 9.17) is 5.26 Å². The normalized spacial score (nSPS) is 14.7. The Bertz CT molecular complexity index is 481. The predicted molar refractivity (Wildman–Crippen MR) is 65.4 cm³/mol. The molecule has 0 saturated heterocycles. The maximum atomic E-state index is 11.8. The molecule has 16 heavy (non-hydrogen) atoms. The van der Waals surface area contributed by atoms with Crippen molar-refractivity contribution in [3.8, 4) is 6.07 Å². The van der Waals surface area contributed by atoms with Crippen molar-refractivity contribution < 1.29 is 4.79 Å². The van der Waals surface area contributed by atoms with Gasteiger partial charge in [-0.25, -0.2) is 0 Å². The van der Waals surface area contributed by atoms with E-state index in [0.717, 1.165) is 15.8 Å². The number of benzene rings is 1. The lowest BCUT2D eigenvalue weighted by atomic mass is 10.1. The van der Waals surface area contributed by atoms with Crippen LogP contribution in [-0.4, -0.2) is 26.0 Å². The summed E-state index contributed by atoms with van der Waals surface area (Å²) in [6.45, 7) is 0.409. The van der Waals surface area contributed by atoms with Crippen molar-refractivity contribution in [2.24, 2.45) is 0 Å². The third kappa shape index (κ3) is 1.76. The second-order valence-corrected chi connectivity index (χ2v) is 4.54. The number of nitriles is 1. The molecule has 0 unspecified atom stereocenters. The Balaban J connectivity index is 2.51. The fourth-order valence-corrected chi connectivity index (χ4v) is 2.13. The third-order valence-corrected chi connectivity index (χ3v) is 3.04. The molecule has 0 aromatic heterocycles. The Morgan fingerprint density at radius 2 is 2.25 bits per heavy atom. The molecule has 0 fully saturated rings. The highest BCUT2D eigenvalue weighted by Crippen LogP contribution is 2.34. The van der Waals surface area contributed by atoms with E-state index in [1.807, 2.05) is 36.2 Å². The zero-order valence-electron chi connectivity index (χ0n) is 8.77. The van der Waals surface area contributed by atoms with Crippen molar-refractivity contribution in [1.82, 2.24) is 0 Å². The number of amides is 1. The maximum Gasteiger partial charge on any atom is 0.247 e. The van der Waals surface area contributed by atoms with Crippen LogP contribution in [0.4, 0.5) is 11.4 Å². The van der Waals surface area contributed by atoms with Gasteiger partial charge < -0.3 is 4.90 Å². The maximum absolute atomic E-state index is 11.8. The summed E-state index contributed by atoms with van der Waals surface area (Å²) in [4.78, 5) is 15.2. The summed E-state index contributed by atoms with van der Waals surface area (Å²) >= 11 is 3.40. The smallest absolute Gasteiger partial charge is 0.247 e. The van der Waals surface area contributed by atoms with Gasteiger partial charge in [-0.1, -0.05) is 15.9 Å². The minimum atomic E-state index is -0.0427. The number of likely N-dealkylation sites (N-methyl/N-ethyl adjacent to an activating group) is 1. The molecule has 0 radical (unpaired) electrons. The molecule has 0 spiro atoms. The number of carbonyl (C=O) groups is 1. The van der Waals surface area contributed by atoms with E-state index in [1.165, 1.54) is 4.90 Å². The second-order valence-electron chi connectivity index (χ2n) is 3.63. The van der Waals surface area contributed by atoms with Crippen LogP contribution in [-0.2, 0) is 4.79 Å². The van der Waals surface area contributed by atoms with Gasteiger partial charge in [0, 0.05) is 11.5 Å². The minimum Gasteiger partial charge on any atom is -0.364 e. The Morgan fingerprint density at radius 3 is 2.94 bits per heavy atom. The van der Waals surface area contributed by atoms with Crippen molar-refractivity contribution >= 4 is 33.2 Å². The topological polar surface area (TPSA) is 47.3 Å². The van der Waals surface area contributed by atoms with Crippen LogP contribution in [0.3, 0.4) is 0 Å². The first kappa shape index (κ1) is 11.0. The number of anilines is 2. The Kier molecular flexibility index (Phi) is 2.84. The molecular weight excluding hydrogens is 270 g/mol. The highest BCUT2D eigenvalue weighted by Gasteiger charge is 2.26. The molecule has 2 rings (SSSR count). The van der Waals surface area contributed by atoms with Crippen LogP contribution in [0.1, 0.15) is 0 Å². The lowest BCUT2D eigenvalue weighted by Gasteiger charge is -2.34. The van der Waals surface area contributed by atoms with Crippen LogP contribution in [0, 0.1) is 11.3 Å². The molecule has 1 aromatic carbocycles. The van der Waals surface area contributed by atoms with Gasteiger partial charge in [0.2, 0.25) is 5.91 Å². The van der Waals surface area contributed by atoms with E-state index in [1.54, 1.807) is 0 Å². The first-order valence-corrected chi connectivity index (χ1v) is 5.61. The van der Waals surface area contributed by atoms with E-state index in [0.29, 0.717) is 6.54 Å². The average Bonchev–Trinajstić information content (AvgIpc) is 2.24. The van der Waals surface area contributed by atoms with E-state index < -0.39 is 0 Å². The number of carbonyl (C=O) groups excluding carboxylic acids is 1. The molecule has 4 nitrogen and oxygen atoms in total. The summed E-state index contributed by atoms with van der Waals surface area (Å²) in [7, 11) is 1.87. The highest BCUT2D eigenvalue weighted by atomic mass is 79.9. The first-order chi connectivity index (χ1) is 7.63. The summed E-state index contributed by atoms with van der Waals surface area (Å²) in [6, 6.07) is 7.69. The molecule has 5 heteroatoms. The molecule has 1 aliphatic rings. The lowest BCUT2D eigenvalue weighted by molar-refractivity contribution is -0.117. The number of hydrogen-bond donors (Lipinski definition) is 0. The van der Waals surface area contributed by atoms with Gasteiger partial charge in [-0.3, -0.25) is 9.69 Å². The molecular formula is C11H10BrN3O.